The summed E-state index contributed by atoms with van der Waals surface area (Å²) in [5.41, 5.74) is 6.24. The van der Waals surface area contributed by atoms with Gasteiger partial charge in [0, 0.05) is 58.9 Å². The van der Waals surface area contributed by atoms with Gasteiger partial charge >= 0.3 is 0 Å². The quantitative estimate of drug-likeness (QED) is 0.458. The number of hydrogen-bond donors (Lipinski definition) is 0. The first-order valence-electron chi connectivity index (χ1n) is 10.2. The molecule has 0 saturated carbocycles. The van der Waals surface area contributed by atoms with Crippen LogP contribution < -0.4 is 0 Å². The lowest BCUT2D eigenvalue weighted by Gasteiger charge is -2.06. The number of rotatable bonds is 7. The first-order chi connectivity index (χ1) is 14.9. The third kappa shape index (κ3) is 4.42. The van der Waals surface area contributed by atoms with E-state index in [0.29, 0.717) is 6.04 Å². The van der Waals surface area contributed by atoms with Gasteiger partial charge in [0.05, 0.1) is 30.2 Å². The Kier molecular flexibility index (Phi) is 5.70. The normalized spacial score (nSPS) is 11.3. The van der Waals surface area contributed by atoms with Crippen molar-refractivity contribution >= 4 is 5.78 Å². The van der Waals surface area contributed by atoms with Crippen LogP contribution in [0.15, 0.2) is 49.3 Å². The fourth-order valence-corrected chi connectivity index (χ4v) is 3.57. The number of aromatic nitrogens is 7. The van der Waals surface area contributed by atoms with Gasteiger partial charge in [0.1, 0.15) is 6.54 Å². The summed E-state index contributed by atoms with van der Waals surface area (Å²) in [5.74, 6) is 0.0507. The van der Waals surface area contributed by atoms with Gasteiger partial charge in [-0.15, -0.1) is 0 Å². The van der Waals surface area contributed by atoms with Gasteiger partial charge in [-0.2, -0.15) is 10.2 Å². The maximum Gasteiger partial charge on any atom is 0.160 e. The molecule has 4 rings (SSSR count). The number of nitrogens with zero attached hydrogens (tertiary/aromatic N) is 7. The van der Waals surface area contributed by atoms with Crippen LogP contribution in [0.3, 0.4) is 0 Å². The molecule has 0 bridgehead atoms. The molecule has 8 heteroatoms. The molecule has 158 valence electrons. The van der Waals surface area contributed by atoms with E-state index in [4.69, 9.17) is 0 Å². The Hall–Kier alpha value is -3.68. The standard InChI is InChI=1S/C23H25N7O/c1-15(2)29-13-19(11-27-29)23-16(3)28-30(17(23)4)14-21(31)9-20-6-5-18(10-26-20)22-12-24-7-8-25-22/h5-8,10-13,15H,9,14H2,1-4H3. The molecule has 8 nitrogen and oxygen atoms in total. The molecule has 0 aromatic carbocycles. The Morgan fingerprint density at radius 2 is 1.87 bits per heavy atom. The van der Waals surface area contributed by atoms with E-state index in [9.17, 15) is 4.79 Å². The number of ketones is 1. The molecule has 4 aromatic heterocycles. The first kappa shape index (κ1) is 20.6. The van der Waals surface area contributed by atoms with Crippen molar-refractivity contribution in [1.29, 1.82) is 0 Å². The second-order valence-electron chi connectivity index (χ2n) is 7.85. The van der Waals surface area contributed by atoms with Crippen LogP contribution in [0.5, 0.6) is 0 Å². The largest absolute Gasteiger partial charge is 0.297 e. The number of hydrogen-bond acceptors (Lipinski definition) is 6. The third-order valence-electron chi connectivity index (χ3n) is 5.19. The van der Waals surface area contributed by atoms with E-state index >= 15 is 0 Å². The molecule has 0 atom stereocenters. The SMILES string of the molecule is Cc1nn(CC(=O)Cc2ccc(-c3cnccn3)cn2)c(C)c1-c1cnn(C(C)C)c1. The highest BCUT2D eigenvalue weighted by Crippen LogP contribution is 2.27. The molecule has 0 aliphatic rings. The summed E-state index contributed by atoms with van der Waals surface area (Å²) in [6.07, 6.45) is 10.8. The maximum atomic E-state index is 12.7. The van der Waals surface area contributed by atoms with E-state index in [-0.39, 0.29) is 18.7 Å². The Labute approximate surface area is 181 Å². The zero-order valence-corrected chi connectivity index (χ0v) is 18.1. The molecule has 0 spiro atoms. The van der Waals surface area contributed by atoms with Gasteiger partial charge in [0.2, 0.25) is 0 Å². The molecule has 31 heavy (non-hydrogen) atoms. The number of carbonyl (C=O) groups excluding carboxylic acids is 1. The summed E-state index contributed by atoms with van der Waals surface area (Å²) in [5, 5.41) is 9.02. The molecule has 0 fully saturated rings. The van der Waals surface area contributed by atoms with Gasteiger partial charge in [-0.1, -0.05) is 0 Å². The van der Waals surface area contributed by atoms with E-state index < -0.39 is 0 Å². The lowest BCUT2D eigenvalue weighted by molar-refractivity contribution is -0.119. The van der Waals surface area contributed by atoms with Gasteiger partial charge in [-0.3, -0.25) is 29.1 Å². The first-order valence-corrected chi connectivity index (χ1v) is 10.2. The van der Waals surface area contributed by atoms with Gasteiger partial charge < -0.3 is 0 Å². The van der Waals surface area contributed by atoms with Crippen LogP contribution in [0.4, 0.5) is 0 Å². The summed E-state index contributed by atoms with van der Waals surface area (Å²) >= 11 is 0. The van der Waals surface area contributed by atoms with Gasteiger partial charge in [-0.05, 0) is 39.8 Å². The minimum absolute atomic E-state index is 0.0507. The molecule has 4 aromatic rings. The summed E-state index contributed by atoms with van der Waals surface area (Å²) in [7, 11) is 0. The van der Waals surface area contributed by atoms with E-state index in [1.165, 1.54) is 0 Å². The zero-order chi connectivity index (χ0) is 22.0. The van der Waals surface area contributed by atoms with Crippen LogP contribution in [0.1, 0.15) is 37.0 Å². The predicted molar refractivity (Wildman–Crippen MR) is 117 cm³/mol. The van der Waals surface area contributed by atoms with Gasteiger partial charge in [0.15, 0.2) is 5.78 Å². The van der Waals surface area contributed by atoms with Crippen LogP contribution in [0.2, 0.25) is 0 Å². The average molecular weight is 416 g/mol. The number of pyridine rings is 1. The molecule has 0 unspecified atom stereocenters. The second kappa shape index (κ2) is 8.59. The highest BCUT2D eigenvalue weighted by Gasteiger charge is 2.17. The molecule has 0 aliphatic carbocycles. The molecular weight excluding hydrogens is 390 g/mol. The molecule has 0 radical (unpaired) electrons. The Morgan fingerprint density at radius 1 is 1.03 bits per heavy atom. The summed E-state index contributed by atoms with van der Waals surface area (Å²) in [6.45, 7) is 8.34. The van der Waals surface area contributed by atoms with Crippen molar-refractivity contribution in [3.8, 4) is 22.4 Å². The van der Waals surface area contributed by atoms with E-state index in [1.54, 1.807) is 29.5 Å². The van der Waals surface area contributed by atoms with Crippen molar-refractivity contribution < 1.29 is 4.79 Å². The maximum absolute atomic E-state index is 12.7. The fraction of sp³-hybridized carbons (Fsp3) is 0.304. The summed E-state index contributed by atoms with van der Waals surface area (Å²) < 4.78 is 3.70. The van der Waals surface area contributed by atoms with Crippen molar-refractivity contribution in [2.24, 2.45) is 0 Å². The second-order valence-corrected chi connectivity index (χ2v) is 7.85. The monoisotopic (exact) mass is 415 g/mol. The Balaban J connectivity index is 1.46. The topological polar surface area (TPSA) is 91.4 Å². The Morgan fingerprint density at radius 3 is 2.52 bits per heavy atom. The minimum Gasteiger partial charge on any atom is -0.297 e. The molecular formula is C23H25N7O. The molecule has 0 aliphatic heterocycles. The molecule has 0 saturated heterocycles. The zero-order valence-electron chi connectivity index (χ0n) is 18.1. The molecule has 0 amide bonds. The van der Waals surface area contributed by atoms with E-state index in [0.717, 1.165) is 39.5 Å². The summed E-state index contributed by atoms with van der Waals surface area (Å²) in [4.78, 5) is 25.5. The van der Waals surface area contributed by atoms with Crippen molar-refractivity contribution in [3.63, 3.8) is 0 Å². The van der Waals surface area contributed by atoms with Crippen LogP contribution in [0.25, 0.3) is 22.4 Å². The number of Topliss-reactive ketones (excluding diaryl/α,β-unsaturated/α-hetero) is 1. The highest BCUT2D eigenvalue weighted by atomic mass is 16.1. The molecule has 0 N–H and O–H groups in total. The fourth-order valence-electron chi connectivity index (χ4n) is 3.57. The third-order valence-corrected chi connectivity index (χ3v) is 5.19. The lowest BCUT2D eigenvalue weighted by Crippen LogP contribution is -2.15. The van der Waals surface area contributed by atoms with Crippen molar-refractivity contribution in [3.05, 3.63) is 66.4 Å². The summed E-state index contributed by atoms with van der Waals surface area (Å²) in [6, 6.07) is 4.06. The van der Waals surface area contributed by atoms with Crippen LogP contribution in [0, 0.1) is 13.8 Å². The van der Waals surface area contributed by atoms with Crippen LogP contribution in [-0.2, 0) is 17.8 Å². The van der Waals surface area contributed by atoms with Crippen molar-refractivity contribution in [2.45, 2.75) is 46.7 Å². The predicted octanol–water partition coefficient (Wildman–Crippen LogP) is 3.61. The van der Waals surface area contributed by atoms with Crippen LogP contribution in [-0.4, -0.2) is 40.3 Å². The Bertz CT molecular complexity index is 1190. The van der Waals surface area contributed by atoms with Crippen molar-refractivity contribution in [1.82, 2.24) is 34.5 Å². The van der Waals surface area contributed by atoms with Gasteiger partial charge in [0.25, 0.3) is 0 Å². The van der Waals surface area contributed by atoms with Crippen LogP contribution >= 0.6 is 0 Å². The minimum atomic E-state index is 0.0507. The average Bonchev–Trinajstić information content (AvgIpc) is 3.34. The van der Waals surface area contributed by atoms with Crippen molar-refractivity contribution in [2.75, 3.05) is 0 Å². The molecule has 4 heterocycles. The van der Waals surface area contributed by atoms with E-state index in [1.807, 2.05) is 43.1 Å². The lowest BCUT2D eigenvalue weighted by atomic mass is 10.1. The number of aryl methyl sites for hydroxylation is 1. The van der Waals surface area contributed by atoms with Gasteiger partial charge in [-0.25, -0.2) is 0 Å². The highest BCUT2D eigenvalue weighted by molar-refractivity contribution is 5.80. The smallest absolute Gasteiger partial charge is 0.160 e. The number of carbonyl (C=O) groups is 1. The van der Waals surface area contributed by atoms with E-state index in [2.05, 4.69) is 39.0 Å².